The topological polar surface area (TPSA) is 55.6 Å². The van der Waals surface area contributed by atoms with E-state index in [1.165, 1.54) is 5.56 Å². The van der Waals surface area contributed by atoms with Gasteiger partial charge in [-0.3, -0.25) is 9.69 Å². The summed E-state index contributed by atoms with van der Waals surface area (Å²) in [6.07, 6.45) is 0.917. The molecule has 3 aromatic carbocycles. The highest BCUT2D eigenvalue weighted by Crippen LogP contribution is 2.31. The highest BCUT2D eigenvalue weighted by atomic mass is 16.5. The minimum absolute atomic E-state index is 0.307. The van der Waals surface area contributed by atoms with E-state index < -0.39 is 6.04 Å². The molecule has 1 aliphatic heterocycles. The van der Waals surface area contributed by atoms with Gasteiger partial charge >= 0.3 is 0 Å². The Balaban J connectivity index is 1.55. The Morgan fingerprint density at radius 2 is 1.70 bits per heavy atom. The largest absolute Gasteiger partial charge is 0.457 e. The molecule has 0 bridgehead atoms. The molecule has 0 spiro atoms. The van der Waals surface area contributed by atoms with Gasteiger partial charge in [0.25, 0.3) is 0 Å². The Hall–Kier alpha value is -3.11. The van der Waals surface area contributed by atoms with E-state index in [-0.39, 0.29) is 5.91 Å². The number of nitrogens with zero attached hydrogens (tertiary/aromatic N) is 1. The predicted octanol–water partition coefficient (Wildman–Crippen LogP) is 4.06. The molecule has 4 nitrogen and oxygen atoms in total. The summed E-state index contributed by atoms with van der Waals surface area (Å²) in [6, 6.07) is 25.4. The SMILES string of the molecule is NC(=O)C1c2ccccc2CCN1Cc1cccc(Oc2ccccc2)c1. The highest BCUT2D eigenvalue weighted by molar-refractivity contribution is 5.82. The Bertz CT molecular complexity index is 940. The number of fused-ring (bicyclic) bond motifs is 1. The third kappa shape index (κ3) is 3.86. The molecule has 0 radical (unpaired) electrons. The van der Waals surface area contributed by atoms with Crippen molar-refractivity contribution in [3.05, 3.63) is 95.6 Å². The van der Waals surface area contributed by atoms with Crippen molar-refractivity contribution in [2.24, 2.45) is 5.73 Å². The molecule has 0 fully saturated rings. The number of primary amides is 1. The van der Waals surface area contributed by atoms with E-state index in [0.717, 1.165) is 35.6 Å². The van der Waals surface area contributed by atoms with Crippen LogP contribution in [0.25, 0.3) is 0 Å². The monoisotopic (exact) mass is 358 g/mol. The normalized spacial score (nSPS) is 16.5. The lowest BCUT2D eigenvalue weighted by Gasteiger charge is -2.35. The molecule has 1 atom stereocenters. The maximum atomic E-state index is 12.2. The lowest BCUT2D eigenvalue weighted by molar-refractivity contribution is -0.124. The zero-order valence-electron chi connectivity index (χ0n) is 15.0. The number of carbonyl (C=O) groups is 1. The van der Waals surface area contributed by atoms with Gasteiger partial charge in [0, 0.05) is 13.1 Å². The molecule has 136 valence electrons. The number of rotatable bonds is 5. The zero-order chi connectivity index (χ0) is 18.6. The number of ether oxygens (including phenoxy) is 1. The van der Waals surface area contributed by atoms with Crippen LogP contribution in [-0.4, -0.2) is 17.4 Å². The first-order valence-electron chi connectivity index (χ1n) is 9.14. The van der Waals surface area contributed by atoms with Crippen LogP contribution >= 0.6 is 0 Å². The van der Waals surface area contributed by atoms with Crippen LogP contribution in [-0.2, 0) is 17.8 Å². The molecule has 4 rings (SSSR count). The van der Waals surface area contributed by atoms with E-state index in [9.17, 15) is 4.79 Å². The van der Waals surface area contributed by atoms with Crippen molar-refractivity contribution in [1.29, 1.82) is 0 Å². The molecule has 0 saturated carbocycles. The van der Waals surface area contributed by atoms with E-state index in [0.29, 0.717) is 6.54 Å². The summed E-state index contributed by atoms with van der Waals surface area (Å²) in [5.74, 6) is 1.28. The molecule has 1 aliphatic rings. The molecule has 1 unspecified atom stereocenters. The van der Waals surface area contributed by atoms with Crippen molar-refractivity contribution in [2.75, 3.05) is 6.54 Å². The minimum Gasteiger partial charge on any atom is -0.457 e. The second-order valence-electron chi connectivity index (χ2n) is 6.79. The second kappa shape index (κ2) is 7.64. The molecule has 1 amide bonds. The van der Waals surface area contributed by atoms with Crippen molar-refractivity contribution in [1.82, 2.24) is 4.90 Å². The van der Waals surface area contributed by atoms with Crippen LogP contribution in [0.2, 0.25) is 0 Å². The second-order valence-corrected chi connectivity index (χ2v) is 6.79. The standard InChI is InChI=1S/C23H22N2O2/c24-23(26)22-21-12-5-4-8-18(21)13-14-25(22)16-17-7-6-11-20(15-17)27-19-9-2-1-3-10-19/h1-12,15,22H,13-14,16H2,(H2,24,26). The van der Waals surface area contributed by atoms with E-state index in [4.69, 9.17) is 10.5 Å². The van der Waals surface area contributed by atoms with Gasteiger partial charge in [0.05, 0.1) is 0 Å². The summed E-state index contributed by atoms with van der Waals surface area (Å²) in [5, 5.41) is 0. The van der Waals surface area contributed by atoms with Crippen LogP contribution < -0.4 is 10.5 Å². The fourth-order valence-corrected chi connectivity index (χ4v) is 3.69. The van der Waals surface area contributed by atoms with Gasteiger partial charge in [0.1, 0.15) is 17.5 Å². The number of carbonyl (C=O) groups excluding carboxylic acids is 1. The van der Waals surface area contributed by atoms with Gasteiger partial charge in [0.2, 0.25) is 5.91 Å². The number of para-hydroxylation sites is 1. The van der Waals surface area contributed by atoms with Crippen LogP contribution in [0.15, 0.2) is 78.9 Å². The fraction of sp³-hybridized carbons (Fsp3) is 0.174. The van der Waals surface area contributed by atoms with E-state index in [2.05, 4.69) is 17.0 Å². The van der Waals surface area contributed by atoms with E-state index >= 15 is 0 Å². The quantitative estimate of drug-likeness (QED) is 0.748. The number of nitrogens with two attached hydrogens (primary N) is 1. The number of amides is 1. The molecular weight excluding hydrogens is 336 g/mol. The Morgan fingerprint density at radius 1 is 0.963 bits per heavy atom. The van der Waals surface area contributed by atoms with Gasteiger partial charge in [-0.2, -0.15) is 0 Å². The van der Waals surface area contributed by atoms with Gasteiger partial charge in [-0.1, -0.05) is 54.6 Å². The van der Waals surface area contributed by atoms with Gasteiger partial charge in [-0.05, 0) is 47.4 Å². The minimum atomic E-state index is -0.395. The van der Waals surface area contributed by atoms with Crippen LogP contribution in [0.3, 0.4) is 0 Å². The summed E-state index contributed by atoms with van der Waals surface area (Å²) >= 11 is 0. The van der Waals surface area contributed by atoms with Crippen molar-refractivity contribution in [3.63, 3.8) is 0 Å². The average Bonchev–Trinajstić information content (AvgIpc) is 2.68. The first-order valence-corrected chi connectivity index (χ1v) is 9.14. The molecule has 1 heterocycles. The van der Waals surface area contributed by atoms with Gasteiger partial charge < -0.3 is 10.5 Å². The van der Waals surface area contributed by atoms with Gasteiger partial charge in [-0.25, -0.2) is 0 Å². The van der Waals surface area contributed by atoms with Crippen molar-refractivity contribution < 1.29 is 9.53 Å². The van der Waals surface area contributed by atoms with Crippen molar-refractivity contribution in [2.45, 2.75) is 19.0 Å². The summed E-state index contributed by atoms with van der Waals surface area (Å²) in [4.78, 5) is 14.3. The lowest BCUT2D eigenvalue weighted by Crippen LogP contribution is -2.42. The highest BCUT2D eigenvalue weighted by Gasteiger charge is 2.31. The summed E-state index contributed by atoms with van der Waals surface area (Å²) in [7, 11) is 0. The van der Waals surface area contributed by atoms with Crippen molar-refractivity contribution in [3.8, 4) is 11.5 Å². The maximum Gasteiger partial charge on any atom is 0.239 e. The smallest absolute Gasteiger partial charge is 0.239 e. The maximum absolute atomic E-state index is 12.2. The third-order valence-corrected chi connectivity index (χ3v) is 4.92. The molecule has 4 heteroatoms. The molecule has 3 aromatic rings. The molecule has 27 heavy (non-hydrogen) atoms. The Kier molecular flexibility index (Phi) is 4.90. The summed E-state index contributed by atoms with van der Waals surface area (Å²) in [6.45, 7) is 1.45. The first kappa shape index (κ1) is 17.3. The zero-order valence-corrected chi connectivity index (χ0v) is 15.0. The summed E-state index contributed by atoms with van der Waals surface area (Å²) in [5.41, 5.74) is 9.07. The van der Waals surface area contributed by atoms with Gasteiger partial charge in [-0.15, -0.1) is 0 Å². The third-order valence-electron chi connectivity index (χ3n) is 4.92. The van der Waals surface area contributed by atoms with Crippen LogP contribution in [0.5, 0.6) is 11.5 Å². The molecule has 2 N–H and O–H groups in total. The van der Waals surface area contributed by atoms with Crippen LogP contribution in [0, 0.1) is 0 Å². The fourth-order valence-electron chi connectivity index (χ4n) is 3.69. The molecule has 0 aromatic heterocycles. The average molecular weight is 358 g/mol. The molecule has 0 aliphatic carbocycles. The van der Waals surface area contributed by atoms with Crippen molar-refractivity contribution >= 4 is 5.91 Å². The van der Waals surface area contributed by atoms with Crippen LogP contribution in [0.4, 0.5) is 0 Å². The van der Waals surface area contributed by atoms with E-state index in [1.807, 2.05) is 66.7 Å². The predicted molar refractivity (Wildman–Crippen MR) is 105 cm³/mol. The Morgan fingerprint density at radius 3 is 2.52 bits per heavy atom. The number of hydrogen-bond donors (Lipinski definition) is 1. The molecule has 0 saturated heterocycles. The van der Waals surface area contributed by atoms with Gasteiger partial charge in [0.15, 0.2) is 0 Å². The molecular formula is C23H22N2O2. The Labute approximate surface area is 159 Å². The number of benzene rings is 3. The number of hydrogen-bond acceptors (Lipinski definition) is 3. The van der Waals surface area contributed by atoms with E-state index in [1.54, 1.807) is 0 Å². The first-order chi connectivity index (χ1) is 13.2. The summed E-state index contributed by atoms with van der Waals surface area (Å²) < 4.78 is 5.93. The van der Waals surface area contributed by atoms with Crippen LogP contribution in [0.1, 0.15) is 22.7 Å². The lowest BCUT2D eigenvalue weighted by atomic mass is 9.92.